The summed E-state index contributed by atoms with van der Waals surface area (Å²) < 4.78 is 5.44. The van der Waals surface area contributed by atoms with Gasteiger partial charge in [0.1, 0.15) is 0 Å². The van der Waals surface area contributed by atoms with E-state index in [0.717, 1.165) is 19.4 Å². The van der Waals surface area contributed by atoms with Crippen molar-refractivity contribution in [3.63, 3.8) is 0 Å². The third-order valence-corrected chi connectivity index (χ3v) is 4.56. The summed E-state index contributed by atoms with van der Waals surface area (Å²) in [7, 11) is 0. The van der Waals surface area contributed by atoms with Crippen LogP contribution in [0.5, 0.6) is 0 Å². The number of nitrogens with one attached hydrogen (secondary N) is 1. The summed E-state index contributed by atoms with van der Waals surface area (Å²) in [5.41, 5.74) is -0.649. The van der Waals surface area contributed by atoms with Crippen molar-refractivity contribution in [2.45, 2.75) is 51.0 Å². The summed E-state index contributed by atoms with van der Waals surface area (Å²) in [4.78, 5) is 12.1. The zero-order valence-corrected chi connectivity index (χ0v) is 10.6. The van der Waals surface area contributed by atoms with E-state index in [1.165, 1.54) is 19.3 Å². The van der Waals surface area contributed by atoms with Crippen LogP contribution in [0.4, 0.5) is 0 Å². The van der Waals surface area contributed by atoms with Crippen LogP contribution in [-0.2, 0) is 9.53 Å². The van der Waals surface area contributed by atoms with Crippen molar-refractivity contribution in [1.82, 2.24) is 5.32 Å². The van der Waals surface area contributed by atoms with Gasteiger partial charge in [-0.25, -0.2) is 0 Å². The summed E-state index contributed by atoms with van der Waals surface area (Å²) >= 11 is 0. The van der Waals surface area contributed by atoms with Gasteiger partial charge in [0.2, 0.25) is 0 Å². The van der Waals surface area contributed by atoms with Crippen LogP contribution in [0.2, 0.25) is 0 Å². The fraction of sp³-hybridized carbons (Fsp3) is 0.923. The van der Waals surface area contributed by atoms with Crippen molar-refractivity contribution < 1.29 is 14.6 Å². The molecule has 1 aliphatic carbocycles. The Balaban J connectivity index is 1.88. The molecule has 1 saturated heterocycles. The number of carbonyl (C=O) groups is 1. The van der Waals surface area contributed by atoms with E-state index in [1.54, 1.807) is 0 Å². The van der Waals surface area contributed by atoms with Crippen molar-refractivity contribution in [3.8, 4) is 0 Å². The van der Waals surface area contributed by atoms with Gasteiger partial charge in [0.15, 0.2) is 5.60 Å². The second-order valence-corrected chi connectivity index (χ2v) is 5.49. The van der Waals surface area contributed by atoms with Crippen molar-refractivity contribution in [1.29, 1.82) is 0 Å². The van der Waals surface area contributed by atoms with Gasteiger partial charge in [-0.2, -0.15) is 0 Å². The monoisotopic (exact) mass is 241 g/mol. The lowest BCUT2D eigenvalue weighted by Gasteiger charge is -2.42. The summed E-state index contributed by atoms with van der Waals surface area (Å²) in [6.45, 7) is 3.28. The highest BCUT2D eigenvalue weighted by Gasteiger charge is 2.43. The summed E-state index contributed by atoms with van der Waals surface area (Å²) in [6, 6.07) is 0. The van der Waals surface area contributed by atoms with Crippen LogP contribution >= 0.6 is 0 Å². The average molecular weight is 241 g/mol. The van der Waals surface area contributed by atoms with Crippen LogP contribution < -0.4 is 5.32 Å². The lowest BCUT2D eigenvalue weighted by Crippen LogP contribution is -2.52. The van der Waals surface area contributed by atoms with Gasteiger partial charge in [-0.15, -0.1) is 0 Å². The molecule has 1 aliphatic heterocycles. The molecule has 2 fully saturated rings. The van der Waals surface area contributed by atoms with Gasteiger partial charge in [0.25, 0.3) is 5.91 Å². The van der Waals surface area contributed by atoms with Gasteiger partial charge < -0.3 is 15.2 Å². The minimum absolute atomic E-state index is 0.128. The van der Waals surface area contributed by atoms with Gasteiger partial charge >= 0.3 is 0 Å². The minimum atomic E-state index is -0.960. The average Bonchev–Trinajstić information content (AvgIpc) is 2.77. The number of rotatable bonds is 5. The molecular formula is C13H23NO3. The first-order chi connectivity index (χ1) is 8.16. The smallest absolute Gasteiger partial charge is 0.254 e. The third-order valence-electron chi connectivity index (χ3n) is 4.56. The zero-order valence-electron chi connectivity index (χ0n) is 10.6. The molecule has 4 heteroatoms. The van der Waals surface area contributed by atoms with Crippen molar-refractivity contribution >= 4 is 5.91 Å². The molecule has 1 amide bonds. The molecule has 98 valence electrons. The highest BCUT2D eigenvalue weighted by atomic mass is 16.5. The van der Waals surface area contributed by atoms with E-state index in [9.17, 15) is 9.90 Å². The minimum Gasteiger partial charge on any atom is -0.393 e. The number of carbonyl (C=O) groups excluding carboxylic acids is 1. The topological polar surface area (TPSA) is 58.6 Å². The summed E-state index contributed by atoms with van der Waals surface area (Å²) in [6.07, 6.45) is 6.28. The highest BCUT2D eigenvalue weighted by Crippen LogP contribution is 2.43. The molecule has 1 saturated carbocycles. The lowest BCUT2D eigenvalue weighted by atomic mass is 9.67. The fourth-order valence-corrected chi connectivity index (χ4v) is 2.83. The van der Waals surface area contributed by atoms with E-state index in [-0.39, 0.29) is 12.5 Å². The molecule has 2 N–H and O–H groups in total. The number of hydrogen-bond donors (Lipinski definition) is 2. The SMILES string of the molecule is CCC1(CNC(=O)C2(CO)CCCO2)CCC1. The van der Waals surface area contributed by atoms with Gasteiger partial charge in [-0.05, 0) is 37.5 Å². The first kappa shape index (κ1) is 12.8. The maximum atomic E-state index is 12.1. The molecule has 0 aromatic rings. The lowest BCUT2D eigenvalue weighted by molar-refractivity contribution is -0.146. The quantitative estimate of drug-likeness (QED) is 0.761. The van der Waals surface area contributed by atoms with Crippen LogP contribution in [0.1, 0.15) is 45.4 Å². The highest BCUT2D eigenvalue weighted by molar-refractivity contribution is 5.85. The van der Waals surface area contributed by atoms with Crippen LogP contribution in [0.15, 0.2) is 0 Å². The van der Waals surface area contributed by atoms with Crippen LogP contribution in [-0.4, -0.2) is 36.4 Å². The van der Waals surface area contributed by atoms with E-state index in [1.807, 2.05) is 0 Å². The van der Waals surface area contributed by atoms with Crippen molar-refractivity contribution in [2.24, 2.45) is 5.41 Å². The second kappa shape index (κ2) is 4.94. The van der Waals surface area contributed by atoms with E-state index >= 15 is 0 Å². The number of ether oxygens (including phenoxy) is 1. The zero-order chi connectivity index (χ0) is 12.4. The van der Waals surface area contributed by atoms with Crippen molar-refractivity contribution in [2.75, 3.05) is 19.8 Å². The van der Waals surface area contributed by atoms with Crippen LogP contribution in [0, 0.1) is 5.41 Å². The number of aliphatic hydroxyl groups is 1. The van der Waals surface area contributed by atoms with Gasteiger partial charge in [-0.1, -0.05) is 13.3 Å². The molecule has 0 spiro atoms. The predicted octanol–water partition coefficient (Wildman–Crippen LogP) is 1.22. The normalized spacial score (nSPS) is 30.9. The Morgan fingerprint density at radius 3 is 2.53 bits per heavy atom. The molecule has 1 heterocycles. The molecule has 0 aromatic carbocycles. The molecule has 2 aliphatic rings. The molecule has 0 aromatic heterocycles. The van der Waals surface area contributed by atoms with Gasteiger partial charge in [0.05, 0.1) is 6.61 Å². The largest absolute Gasteiger partial charge is 0.393 e. The maximum absolute atomic E-state index is 12.1. The van der Waals surface area contributed by atoms with Crippen LogP contribution in [0.3, 0.4) is 0 Å². The van der Waals surface area contributed by atoms with Gasteiger partial charge in [-0.3, -0.25) is 4.79 Å². The van der Waals surface area contributed by atoms with E-state index in [2.05, 4.69) is 12.2 Å². The molecule has 0 bridgehead atoms. The molecule has 17 heavy (non-hydrogen) atoms. The Labute approximate surface area is 103 Å². The Morgan fingerprint density at radius 2 is 2.12 bits per heavy atom. The Bertz CT molecular complexity index is 275. The molecular weight excluding hydrogens is 218 g/mol. The predicted molar refractivity (Wildman–Crippen MR) is 64.6 cm³/mol. The Hall–Kier alpha value is -0.610. The fourth-order valence-electron chi connectivity index (χ4n) is 2.83. The number of amides is 1. The summed E-state index contributed by atoms with van der Waals surface area (Å²) in [5.74, 6) is -0.128. The van der Waals surface area contributed by atoms with E-state index < -0.39 is 5.60 Å². The van der Waals surface area contributed by atoms with E-state index in [4.69, 9.17) is 4.74 Å². The standard InChI is InChI=1S/C13H23NO3/c1-2-12(5-3-6-12)9-14-11(16)13(10-15)7-4-8-17-13/h15H,2-10H2,1H3,(H,14,16). The van der Waals surface area contributed by atoms with Crippen molar-refractivity contribution in [3.05, 3.63) is 0 Å². The molecule has 0 radical (unpaired) electrons. The van der Waals surface area contributed by atoms with E-state index in [0.29, 0.717) is 18.4 Å². The molecule has 1 atom stereocenters. The second-order valence-electron chi connectivity index (χ2n) is 5.49. The maximum Gasteiger partial charge on any atom is 0.254 e. The first-order valence-corrected chi connectivity index (χ1v) is 6.70. The Kier molecular flexibility index (Phi) is 3.73. The molecule has 4 nitrogen and oxygen atoms in total. The van der Waals surface area contributed by atoms with Crippen LogP contribution in [0.25, 0.3) is 0 Å². The molecule has 1 unspecified atom stereocenters. The number of hydrogen-bond acceptors (Lipinski definition) is 3. The first-order valence-electron chi connectivity index (χ1n) is 6.70. The molecule has 2 rings (SSSR count). The Morgan fingerprint density at radius 1 is 1.35 bits per heavy atom. The third kappa shape index (κ3) is 2.33. The summed E-state index contributed by atoms with van der Waals surface area (Å²) in [5, 5.41) is 12.3. The number of aliphatic hydroxyl groups excluding tert-OH is 1. The van der Waals surface area contributed by atoms with Gasteiger partial charge in [0, 0.05) is 13.2 Å².